The third kappa shape index (κ3) is 2.88. The van der Waals surface area contributed by atoms with Crippen LogP contribution in [0.2, 0.25) is 0 Å². The molecule has 0 unspecified atom stereocenters. The third-order valence-corrected chi connectivity index (χ3v) is 4.96. The van der Waals surface area contributed by atoms with Gasteiger partial charge in [-0.25, -0.2) is 4.39 Å². The number of carbonyl (C=O) groups excluding carboxylic acids is 1. The fourth-order valence-electron chi connectivity index (χ4n) is 4.00. The fourth-order valence-corrected chi connectivity index (χ4v) is 4.00. The van der Waals surface area contributed by atoms with E-state index >= 15 is 0 Å². The summed E-state index contributed by atoms with van der Waals surface area (Å²) < 4.78 is 18.5. The largest absolute Gasteiger partial charge is 0.384 e. The normalized spacial score (nSPS) is 28.1. The molecule has 0 bridgehead atoms. The number of benzene rings is 1. The molecule has 4 nitrogen and oxygen atoms in total. The lowest BCUT2D eigenvalue weighted by atomic mass is 9.89. The summed E-state index contributed by atoms with van der Waals surface area (Å²) in [5.74, 6) is 0.834. The van der Waals surface area contributed by atoms with Crippen LogP contribution in [0.5, 0.6) is 0 Å². The van der Waals surface area contributed by atoms with Crippen molar-refractivity contribution in [1.29, 1.82) is 0 Å². The molecule has 1 amide bonds. The molecule has 0 spiro atoms. The maximum Gasteiger partial charge on any atom is 0.224 e. The number of ether oxygens (including phenoxy) is 1. The molecule has 120 valence electrons. The van der Waals surface area contributed by atoms with Gasteiger partial charge in [0.2, 0.25) is 5.91 Å². The Balaban J connectivity index is 1.73. The van der Waals surface area contributed by atoms with Crippen molar-refractivity contribution in [1.82, 2.24) is 9.80 Å². The van der Waals surface area contributed by atoms with Gasteiger partial charge in [0.25, 0.3) is 0 Å². The van der Waals surface area contributed by atoms with Gasteiger partial charge < -0.3 is 9.64 Å². The predicted molar refractivity (Wildman–Crippen MR) is 81.8 cm³/mol. The Morgan fingerprint density at radius 3 is 2.91 bits per heavy atom. The Morgan fingerprint density at radius 2 is 2.18 bits per heavy atom. The molecule has 22 heavy (non-hydrogen) atoms. The summed E-state index contributed by atoms with van der Waals surface area (Å²) in [6.45, 7) is 3.00. The number of nitrogens with zero attached hydrogens (tertiary/aromatic N) is 2. The Labute approximate surface area is 130 Å². The lowest BCUT2D eigenvalue weighted by Crippen LogP contribution is -2.33. The summed E-state index contributed by atoms with van der Waals surface area (Å²) >= 11 is 0. The minimum Gasteiger partial charge on any atom is -0.384 e. The molecule has 1 aromatic rings. The number of rotatable bonds is 4. The Morgan fingerprint density at radius 1 is 1.36 bits per heavy atom. The van der Waals surface area contributed by atoms with Gasteiger partial charge in [-0.3, -0.25) is 9.69 Å². The Kier molecular flexibility index (Phi) is 4.45. The molecular weight excluding hydrogens is 283 g/mol. The number of methoxy groups -OCH3 is 1. The molecule has 2 aliphatic rings. The predicted octanol–water partition coefficient (Wildman–Crippen LogP) is 1.92. The molecule has 0 aromatic heterocycles. The van der Waals surface area contributed by atoms with Gasteiger partial charge in [-0.1, -0.05) is 12.1 Å². The van der Waals surface area contributed by atoms with Crippen molar-refractivity contribution in [3.05, 3.63) is 35.6 Å². The summed E-state index contributed by atoms with van der Waals surface area (Å²) in [6.07, 6.45) is 0.441. The van der Waals surface area contributed by atoms with Gasteiger partial charge in [0.1, 0.15) is 5.82 Å². The lowest BCUT2D eigenvalue weighted by molar-refractivity contribution is -0.131. The van der Waals surface area contributed by atoms with Crippen molar-refractivity contribution in [2.45, 2.75) is 12.5 Å². The highest BCUT2D eigenvalue weighted by Crippen LogP contribution is 2.44. The fraction of sp³-hybridized carbons (Fsp3) is 0.588. The number of fused-ring (bicyclic) bond motifs is 1. The van der Waals surface area contributed by atoms with Crippen LogP contribution in [0.25, 0.3) is 0 Å². The number of hydrogen-bond donors (Lipinski definition) is 0. The van der Waals surface area contributed by atoms with Gasteiger partial charge in [-0.2, -0.15) is 0 Å². The first-order chi connectivity index (χ1) is 10.6. The summed E-state index contributed by atoms with van der Waals surface area (Å²) in [5.41, 5.74) is 1.01. The van der Waals surface area contributed by atoms with E-state index in [4.69, 9.17) is 4.74 Å². The van der Waals surface area contributed by atoms with Crippen LogP contribution < -0.4 is 0 Å². The molecule has 5 heteroatoms. The van der Waals surface area contributed by atoms with E-state index in [1.54, 1.807) is 19.2 Å². The molecule has 2 fully saturated rings. The lowest BCUT2D eigenvalue weighted by Gasteiger charge is -2.27. The minimum absolute atomic E-state index is 0.164. The van der Waals surface area contributed by atoms with Crippen LogP contribution in [0.1, 0.15) is 18.0 Å². The van der Waals surface area contributed by atoms with Gasteiger partial charge in [-0.05, 0) is 30.7 Å². The highest BCUT2D eigenvalue weighted by atomic mass is 19.1. The van der Waals surface area contributed by atoms with Crippen molar-refractivity contribution in [3.8, 4) is 0 Å². The van der Waals surface area contributed by atoms with Gasteiger partial charge in [0.05, 0.1) is 13.0 Å². The van der Waals surface area contributed by atoms with E-state index < -0.39 is 0 Å². The number of likely N-dealkylation sites (tertiary alicyclic amines) is 2. The first-order valence-corrected chi connectivity index (χ1v) is 7.82. The van der Waals surface area contributed by atoms with Crippen LogP contribution >= 0.6 is 0 Å². The van der Waals surface area contributed by atoms with Gasteiger partial charge >= 0.3 is 0 Å². The standard InChI is InChI=1S/C17H23FN2O2/c1-19-9-13-10-20(16(21)6-7-22-2)11-15(13)17(19)12-4-3-5-14(18)8-12/h3-5,8,13,15,17H,6-7,9-11H2,1-2H3/t13-,15+,17-/m0/s1. The average molecular weight is 306 g/mol. The van der Waals surface area contributed by atoms with Gasteiger partial charge in [0, 0.05) is 38.7 Å². The van der Waals surface area contributed by atoms with Crippen LogP contribution in [0, 0.1) is 17.7 Å². The average Bonchev–Trinajstić information content (AvgIpc) is 3.01. The number of amides is 1. The van der Waals surface area contributed by atoms with E-state index in [0.29, 0.717) is 24.9 Å². The van der Waals surface area contributed by atoms with E-state index in [0.717, 1.165) is 25.2 Å². The monoisotopic (exact) mass is 306 g/mol. The Bertz CT molecular complexity index is 551. The van der Waals surface area contributed by atoms with Crippen LogP contribution in [0.4, 0.5) is 4.39 Å². The summed E-state index contributed by atoms with van der Waals surface area (Å²) in [6, 6.07) is 7.05. The zero-order valence-electron chi connectivity index (χ0n) is 13.2. The van der Waals surface area contributed by atoms with E-state index in [2.05, 4.69) is 11.9 Å². The van der Waals surface area contributed by atoms with Crippen LogP contribution in [0.3, 0.4) is 0 Å². The molecule has 0 aliphatic carbocycles. The molecule has 2 saturated heterocycles. The minimum atomic E-state index is -0.194. The number of carbonyl (C=O) groups is 1. The van der Waals surface area contributed by atoms with Gasteiger partial charge in [-0.15, -0.1) is 0 Å². The second kappa shape index (κ2) is 6.34. The van der Waals surface area contributed by atoms with Crippen LogP contribution in [-0.4, -0.2) is 56.1 Å². The zero-order chi connectivity index (χ0) is 15.7. The second-order valence-electron chi connectivity index (χ2n) is 6.40. The molecule has 2 heterocycles. The van der Waals surface area contributed by atoms with E-state index in [9.17, 15) is 9.18 Å². The molecule has 0 N–H and O–H groups in total. The Hall–Kier alpha value is -1.46. The van der Waals surface area contributed by atoms with E-state index in [1.807, 2.05) is 11.0 Å². The molecule has 3 rings (SSSR count). The quantitative estimate of drug-likeness (QED) is 0.852. The molecule has 0 saturated carbocycles. The zero-order valence-corrected chi connectivity index (χ0v) is 13.2. The topological polar surface area (TPSA) is 32.8 Å². The van der Waals surface area contributed by atoms with Crippen LogP contribution in [-0.2, 0) is 9.53 Å². The van der Waals surface area contributed by atoms with Gasteiger partial charge in [0.15, 0.2) is 0 Å². The SMILES string of the molecule is COCCC(=O)N1C[C@@H]2CN(C)[C@@H](c3cccc(F)c3)[C@@H]2C1. The number of halogens is 1. The van der Waals surface area contributed by atoms with Crippen molar-refractivity contribution >= 4 is 5.91 Å². The van der Waals surface area contributed by atoms with Crippen molar-refractivity contribution in [3.63, 3.8) is 0 Å². The molecule has 0 radical (unpaired) electrons. The molecule has 1 aromatic carbocycles. The van der Waals surface area contributed by atoms with Crippen molar-refractivity contribution < 1.29 is 13.9 Å². The third-order valence-electron chi connectivity index (χ3n) is 4.96. The van der Waals surface area contributed by atoms with E-state index in [-0.39, 0.29) is 17.8 Å². The van der Waals surface area contributed by atoms with Crippen molar-refractivity contribution in [2.75, 3.05) is 40.4 Å². The first kappa shape index (κ1) is 15.4. The van der Waals surface area contributed by atoms with Crippen LogP contribution in [0.15, 0.2) is 24.3 Å². The smallest absolute Gasteiger partial charge is 0.224 e. The summed E-state index contributed by atoms with van der Waals surface area (Å²) in [5, 5.41) is 0. The van der Waals surface area contributed by atoms with Crippen molar-refractivity contribution in [2.24, 2.45) is 11.8 Å². The number of hydrogen-bond acceptors (Lipinski definition) is 3. The second-order valence-corrected chi connectivity index (χ2v) is 6.40. The summed E-state index contributed by atoms with van der Waals surface area (Å²) in [7, 11) is 3.70. The van der Waals surface area contributed by atoms with E-state index in [1.165, 1.54) is 6.07 Å². The highest BCUT2D eigenvalue weighted by molar-refractivity contribution is 5.76. The highest BCUT2D eigenvalue weighted by Gasteiger charge is 2.47. The maximum atomic E-state index is 13.5. The molecule has 3 atom stereocenters. The summed E-state index contributed by atoms with van der Waals surface area (Å²) in [4.78, 5) is 16.4. The molecule has 2 aliphatic heterocycles. The maximum absolute atomic E-state index is 13.5. The first-order valence-electron chi connectivity index (χ1n) is 7.82. The molecular formula is C17H23FN2O2.